The van der Waals surface area contributed by atoms with Crippen molar-refractivity contribution in [1.82, 2.24) is 0 Å². The quantitative estimate of drug-likeness (QED) is 0.374. The summed E-state index contributed by atoms with van der Waals surface area (Å²) < 4.78 is 28.9. The number of nitro groups is 2. The van der Waals surface area contributed by atoms with Gasteiger partial charge in [0.05, 0.1) is 15.9 Å². The van der Waals surface area contributed by atoms with Gasteiger partial charge in [0.1, 0.15) is 4.90 Å². The summed E-state index contributed by atoms with van der Waals surface area (Å²) in [5, 5.41) is 21.6. The molecule has 0 atom stereocenters. The third-order valence-electron chi connectivity index (χ3n) is 2.72. The molecule has 0 bridgehead atoms. The van der Waals surface area contributed by atoms with E-state index in [1.165, 1.54) is 24.3 Å². The zero-order chi connectivity index (χ0) is 17.2. The van der Waals surface area contributed by atoms with Gasteiger partial charge in [-0.25, -0.2) is 0 Å². The van der Waals surface area contributed by atoms with Gasteiger partial charge in [-0.2, -0.15) is 8.42 Å². The number of nitrogen functional groups attached to an aromatic ring is 1. The summed E-state index contributed by atoms with van der Waals surface area (Å²) in [7, 11) is -4.35. The smallest absolute Gasteiger partial charge is 0.339 e. The molecule has 0 saturated heterocycles. The Morgan fingerprint density at radius 1 is 0.957 bits per heavy atom. The van der Waals surface area contributed by atoms with E-state index in [9.17, 15) is 28.6 Å². The van der Waals surface area contributed by atoms with Crippen LogP contribution in [0.5, 0.6) is 5.75 Å². The second-order valence-corrected chi connectivity index (χ2v) is 5.82. The predicted octanol–water partition coefficient (Wildman–Crippen LogP) is 1.85. The van der Waals surface area contributed by atoms with E-state index >= 15 is 0 Å². The molecular formula is C12H9N3O7S. The zero-order valence-corrected chi connectivity index (χ0v) is 12.1. The number of hydrogen-bond donors (Lipinski definition) is 1. The van der Waals surface area contributed by atoms with Gasteiger partial charge in [0.15, 0.2) is 0 Å². The third-order valence-corrected chi connectivity index (χ3v) is 3.97. The number of anilines is 1. The number of hydrogen-bond acceptors (Lipinski definition) is 8. The van der Waals surface area contributed by atoms with E-state index in [4.69, 9.17) is 9.92 Å². The maximum Gasteiger partial charge on any atom is 0.339 e. The van der Waals surface area contributed by atoms with Crippen molar-refractivity contribution in [2.45, 2.75) is 4.90 Å². The lowest BCUT2D eigenvalue weighted by Crippen LogP contribution is -2.11. The molecule has 0 spiro atoms. The van der Waals surface area contributed by atoms with Crippen molar-refractivity contribution in [1.29, 1.82) is 0 Å². The van der Waals surface area contributed by atoms with Crippen molar-refractivity contribution in [3.05, 3.63) is 62.7 Å². The maximum absolute atomic E-state index is 12.1. The molecule has 0 amide bonds. The van der Waals surface area contributed by atoms with Crippen molar-refractivity contribution in [2.24, 2.45) is 0 Å². The fourth-order valence-electron chi connectivity index (χ4n) is 1.63. The fourth-order valence-corrected chi connectivity index (χ4v) is 2.58. The first-order chi connectivity index (χ1) is 10.7. The van der Waals surface area contributed by atoms with Crippen LogP contribution >= 0.6 is 0 Å². The Kier molecular flexibility index (Phi) is 4.14. The monoisotopic (exact) mass is 339 g/mol. The van der Waals surface area contributed by atoms with Gasteiger partial charge in [-0.15, -0.1) is 0 Å². The summed E-state index contributed by atoms with van der Waals surface area (Å²) in [6.07, 6.45) is 0. The van der Waals surface area contributed by atoms with Crippen molar-refractivity contribution in [3.63, 3.8) is 0 Å². The molecule has 2 aromatic rings. The van der Waals surface area contributed by atoms with Gasteiger partial charge in [0, 0.05) is 11.8 Å². The van der Waals surface area contributed by atoms with Crippen molar-refractivity contribution < 1.29 is 22.4 Å². The lowest BCUT2D eigenvalue weighted by atomic mass is 10.2. The highest BCUT2D eigenvalue weighted by atomic mass is 32.2. The number of rotatable bonds is 5. The first-order valence-electron chi connectivity index (χ1n) is 5.93. The van der Waals surface area contributed by atoms with E-state index in [-0.39, 0.29) is 4.90 Å². The van der Waals surface area contributed by atoms with Crippen LogP contribution < -0.4 is 9.92 Å². The first-order valence-corrected chi connectivity index (χ1v) is 7.34. The zero-order valence-electron chi connectivity index (χ0n) is 11.3. The molecule has 11 heteroatoms. The minimum Gasteiger partial charge on any atom is -0.399 e. The Morgan fingerprint density at radius 3 is 2.09 bits per heavy atom. The van der Waals surface area contributed by atoms with Crippen LogP contribution in [0.3, 0.4) is 0 Å². The molecule has 2 rings (SSSR count). The molecule has 0 aliphatic rings. The van der Waals surface area contributed by atoms with Gasteiger partial charge in [0.2, 0.25) is 5.75 Å². The van der Waals surface area contributed by atoms with Crippen LogP contribution in [0, 0.1) is 20.2 Å². The fraction of sp³-hybridized carbons (Fsp3) is 0. The molecule has 0 fully saturated rings. The number of nitro benzene ring substituents is 2. The average Bonchev–Trinajstić information content (AvgIpc) is 2.47. The highest BCUT2D eigenvalue weighted by Crippen LogP contribution is 2.33. The molecule has 0 saturated carbocycles. The minimum absolute atomic E-state index is 0.264. The van der Waals surface area contributed by atoms with Crippen LogP contribution in [0.2, 0.25) is 0 Å². The number of nitrogens with two attached hydrogens (primary N) is 1. The van der Waals surface area contributed by atoms with Crippen LogP contribution in [0.15, 0.2) is 47.4 Å². The van der Waals surface area contributed by atoms with Gasteiger partial charge in [-0.1, -0.05) is 0 Å². The summed E-state index contributed by atoms with van der Waals surface area (Å²) in [5.74, 6) is -0.627. The SMILES string of the molecule is Nc1ccc(S(=O)(=O)Oc2ccc([N+](=O)[O-])cc2[N+](=O)[O-])cc1. The third kappa shape index (κ3) is 3.52. The molecule has 120 valence electrons. The topological polar surface area (TPSA) is 156 Å². The number of non-ortho nitro benzene ring substituents is 1. The molecule has 0 heterocycles. The Morgan fingerprint density at radius 2 is 1.57 bits per heavy atom. The standard InChI is InChI=1S/C12H9N3O7S/c13-8-1-4-10(5-2-8)23(20,21)22-12-6-3-9(14(16)17)7-11(12)15(18)19/h1-7H,13H2. The lowest BCUT2D eigenvalue weighted by molar-refractivity contribution is -0.394. The first kappa shape index (κ1) is 16.2. The molecule has 23 heavy (non-hydrogen) atoms. The molecule has 0 aromatic heterocycles. The van der Waals surface area contributed by atoms with Crippen LogP contribution in [0.1, 0.15) is 0 Å². The van der Waals surface area contributed by atoms with Crippen molar-refractivity contribution >= 4 is 27.2 Å². The highest BCUT2D eigenvalue weighted by Gasteiger charge is 2.26. The van der Waals surface area contributed by atoms with E-state index in [1.807, 2.05) is 0 Å². The van der Waals surface area contributed by atoms with E-state index in [1.54, 1.807) is 0 Å². The molecular weight excluding hydrogens is 330 g/mol. The summed E-state index contributed by atoms with van der Waals surface area (Å²) in [4.78, 5) is 19.5. The van der Waals surface area contributed by atoms with Gasteiger partial charge in [-0.05, 0) is 30.3 Å². The summed E-state index contributed by atoms with van der Waals surface area (Å²) in [6, 6.07) is 7.35. The molecule has 0 radical (unpaired) electrons. The van der Waals surface area contributed by atoms with E-state index in [2.05, 4.69) is 0 Å². The largest absolute Gasteiger partial charge is 0.399 e. The molecule has 10 nitrogen and oxygen atoms in total. The van der Waals surface area contributed by atoms with Crippen molar-refractivity contribution in [2.75, 3.05) is 5.73 Å². The summed E-state index contributed by atoms with van der Waals surface area (Å²) in [5.41, 5.74) is 4.37. The second-order valence-electron chi connectivity index (χ2n) is 4.27. The Labute approximate surface area is 129 Å². The van der Waals surface area contributed by atoms with Crippen LogP contribution in [0.4, 0.5) is 17.1 Å². The number of benzene rings is 2. The normalized spacial score (nSPS) is 11.0. The number of nitrogens with zero attached hydrogens (tertiary/aromatic N) is 2. The maximum atomic E-state index is 12.1. The lowest BCUT2D eigenvalue weighted by Gasteiger charge is -2.07. The van der Waals surface area contributed by atoms with Crippen molar-refractivity contribution in [3.8, 4) is 5.75 Å². The summed E-state index contributed by atoms with van der Waals surface area (Å²) in [6.45, 7) is 0. The molecule has 2 aromatic carbocycles. The van der Waals surface area contributed by atoms with Gasteiger partial charge < -0.3 is 9.92 Å². The van der Waals surface area contributed by atoms with Crippen LogP contribution in [0.25, 0.3) is 0 Å². The Hall–Kier alpha value is -3.21. The van der Waals surface area contributed by atoms with E-state index in [0.717, 1.165) is 12.1 Å². The van der Waals surface area contributed by atoms with Crippen LogP contribution in [-0.2, 0) is 10.1 Å². The average molecular weight is 339 g/mol. The predicted molar refractivity (Wildman–Crippen MR) is 78.4 cm³/mol. The molecule has 0 unspecified atom stereocenters. The second kappa shape index (κ2) is 5.88. The minimum atomic E-state index is -4.35. The molecule has 2 N–H and O–H groups in total. The molecule has 0 aliphatic heterocycles. The van der Waals surface area contributed by atoms with E-state index in [0.29, 0.717) is 11.8 Å². The Bertz CT molecular complexity index is 878. The summed E-state index contributed by atoms with van der Waals surface area (Å²) >= 11 is 0. The van der Waals surface area contributed by atoms with E-state index < -0.39 is 37.1 Å². The van der Waals surface area contributed by atoms with Gasteiger partial charge >= 0.3 is 15.8 Å². The van der Waals surface area contributed by atoms with Crippen LogP contribution in [-0.4, -0.2) is 18.3 Å². The Balaban J connectivity index is 2.44. The molecule has 0 aliphatic carbocycles. The van der Waals surface area contributed by atoms with Gasteiger partial charge in [-0.3, -0.25) is 20.2 Å². The highest BCUT2D eigenvalue weighted by molar-refractivity contribution is 7.87. The van der Waals surface area contributed by atoms with Gasteiger partial charge in [0.25, 0.3) is 5.69 Å².